The van der Waals surface area contributed by atoms with E-state index >= 15 is 0 Å². The minimum Gasteiger partial charge on any atom is -0.0879 e. The number of hydrogen-bond acceptors (Lipinski definition) is 0. The van der Waals surface area contributed by atoms with Gasteiger partial charge in [-0.1, -0.05) is 54.1 Å². The Morgan fingerprint density at radius 2 is 1.94 bits per heavy atom. The smallest absolute Gasteiger partial charge is 0.0196 e. The summed E-state index contributed by atoms with van der Waals surface area (Å²) in [7, 11) is 0. The normalized spacial score (nSPS) is 24.7. The molecular weight excluding hydrogens is 216 g/mol. The zero-order valence-corrected chi connectivity index (χ0v) is 11.4. The van der Waals surface area contributed by atoms with Gasteiger partial charge in [0.15, 0.2) is 0 Å². The number of hydrogen-bond donors (Lipinski definition) is 0. The lowest BCUT2D eigenvalue weighted by Crippen LogP contribution is -2.00. The topological polar surface area (TPSA) is 0 Å². The molecule has 1 aliphatic rings. The van der Waals surface area contributed by atoms with Gasteiger partial charge in [0.05, 0.1) is 0 Å². The Bertz CT molecular complexity index is 397. The van der Waals surface area contributed by atoms with Crippen LogP contribution in [0.4, 0.5) is 0 Å². The highest BCUT2D eigenvalue weighted by atomic mass is 14.1. The molecule has 0 N–H and O–H groups in total. The maximum atomic E-state index is 2.45. The third-order valence-electron chi connectivity index (χ3n) is 3.70. The van der Waals surface area contributed by atoms with E-state index in [2.05, 4.69) is 55.5 Å². The van der Waals surface area contributed by atoms with E-state index in [0.29, 0.717) is 0 Å². The molecule has 18 heavy (non-hydrogen) atoms. The molecular formula is C18H24. The molecule has 0 heteroatoms. The molecule has 0 unspecified atom stereocenters. The van der Waals surface area contributed by atoms with Gasteiger partial charge in [0, 0.05) is 0 Å². The molecule has 2 rings (SSSR count). The molecule has 0 saturated carbocycles. The quantitative estimate of drug-likeness (QED) is 0.625. The van der Waals surface area contributed by atoms with Crippen LogP contribution in [0.2, 0.25) is 0 Å². The Balaban J connectivity index is 1.78. The van der Waals surface area contributed by atoms with Crippen LogP contribution in [0.3, 0.4) is 0 Å². The lowest BCUT2D eigenvalue weighted by atomic mass is 9.91. The fraction of sp³-hybridized carbons (Fsp3) is 0.444. The van der Waals surface area contributed by atoms with E-state index in [1.807, 2.05) is 0 Å². The Kier molecular flexibility index (Phi) is 5.26. The van der Waals surface area contributed by atoms with Crippen molar-refractivity contribution >= 4 is 0 Å². The Morgan fingerprint density at radius 1 is 1.11 bits per heavy atom. The van der Waals surface area contributed by atoms with Gasteiger partial charge >= 0.3 is 0 Å². The maximum absolute atomic E-state index is 2.45. The van der Waals surface area contributed by atoms with Crippen molar-refractivity contribution in [3.63, 3.8) is 0 Å². The lowest BCUT2D eigenvalue weighted by Gasteiger charge is -2.15. The zero-order valence-electron chi connectivity index (χ0n) is 11.4. The molecule has 0 saturated heterocycles. The van der Waals surface area contributed by atoms with Gasteiger partial charge in [-0.3, -0.25) is 0 Å². The summed E-state index contributed by atoms with van der Waals surface area (Å²) in [6, 6.07) is 10.8. The van der Waals surface area contributed by atoms with Crippen molar-refractivity contribution in [2.75, 3.05) is 0 Å². The summed E-state index contributed by atoms with van der Waals surface area (Å²) in [4.78, 5) is 0. The number of rotatable bonds is 4. The van der Waals surface area contributed by atoms with Gasteiger partial charge in [0.2, 0.25) is 0 Å². The van der Waals surface area contributed by atoms with Gasteiger partial charge in [-0.05, 0) is 56.9 Å². The molecule has 1 aliphatic carbocycles. The van der Waals surface area contributed by atoms with Crippen LogP contribution in [0.25, 0.3) is 0 Å². The fourth-order valence-electron chi connectivity index (χ4n) is 2.69. The van der Waals surface area contributed by atoms with Crippen LogP contribution in [0.5, 0.6) is 0 Å². The molecule has 1 aromatic rings. The molecule has 0 fully saturated rings. The predicted octanol–water partition coefficient (Wildman–Crippen LogP) is 5.31. The summed E-state index contributed by atoms with van der Waals surface area (Å²) in [5.74, 6) is 0.755. The summed E-state index contributed by atoms with van der Waals surface area (Å²) < 4.78 is 0. The average molecular weight is 240 g/mol. The number of benzene rings is 1. The van der Waals surface area contributed by atoms with Gasteiger partial charge in [-0.25, -0.2) is 0 Å². The highest BCUT2D eigenvalue weighted by Crippen LogP contribution is 2.22. The Hall–Kier alpha value is -1.30. The van der Waals surface area contributed by atoms with Crippen LogP contribution >= 0.6 is 0 Å². The monoisotopic (exact) mass is 240 g/mol. The third-order valence-corrected chi connectivity index (χ3v) is 3.70. The first-order valence-electron chi connectivity index (χ1n) is 7.21. The Labute approximate surface area is 111 Å². The van der Waals surface area contributed by atoms with Crippen LogP contribution in [-0.4, -0.2) is 0 Å². The van der Waals surface area contributed by atoms with Crippen LogP contribution in [0.15, 0.2) is 54.1 Å². The lowest BCUT2D eigenvalue weighted by molar-refractivity contribution is 0.551. The highest BCUT2D eigenvalue weighted by molar-refractivity contribution is 5.14. The highest BCUT2D eigenvalue weighted by Gasteiger charge is 2.07. The second-order valence-corrected chi connectivity index (χ2v) is 5.40. The number of allylic oxidation sites excluding steroid dienone is 4. The first kappa shape index (κ1) is 13.1. The molecule has 0 spiro atoms. The van der Waals surface area contributed by atoms with Crippen LogP contribution in [-0.2, 0) is 6.42 Å². The van der Waals surface area contributed by atoms with Crippen LogP contribution in [0.1, 0.15) is 44.6 Å². The molecule has 0 nitrogen and oxygen atoms in total. The van der Waals surface area contributed by atoms with Crippen molar-refractivity contribution in [1.82, 2.24) is 0 Å². The van der Waals surface area contributed by atoms with Crippen molar-refractivity contribution in [2.24, 2.45) is 5.92 Å². The summed E-state index contributed by atoms with van der Waals surface area (Å²) >= 11 is 0. The van der Waals surface area contributed by atoms with Crippen molar-refractivity contribution in [3.8, 4) is 0 Å². The molecule has 1 aromatic carbocycles. The molecule has 0 bridgehead atoms. The van der Waals surface area contributed by atoms with Gasteiger partial charge in [-0.2, -0.15) is 0 Å². The third kappa shape index (κ3) is 4.52. The van der Waals surface area contributed by atoms with E-state index in [9.17, 15) is 0 Å². The maximum Gasteiger partial charge on any atom is -0.0196 e. The second kappa shape index (κ2) is 7.20. The number of aryl methyl sites for hydroxylation is 1. The minimum atomic E-state index is 0.755. The molecule has 0 amide bonds. The van der Waals surface area contributed by atoms with E-state index in [4.69, 9.17) is 0 Å². The fourth-order valence-corrected chi connectivity index (χ4v) is 2.69. The predicted molar refractivity (Wildman–Crippen MR) is 79.6 cm³/mol. The van der Waals surface area contributed by atoms with Gasteiger partial charge in [0.1, 0.15) is 0 Å². The van der Waals surface area contributed by atoms with Gasteiger partial charge < -0.3 is 0 Å². The molecule has 0 radical (unpaired) electrons. The summed E-state index contributed by atoms with van der Waals surface area (Å²) in [5.41, 5.74) is 3.05. The van der Waals surface area contributed by atoms with Crippen LogP contribution in [0, 0.1) is 5.92 Å². The molecule has 0 aliphatic heterocycles. The van der Waals surface area contributed by atoms with E-state index in [1.54, 1.807) is 5.57 Å². The average Bonchev–Trinajstić information content (AvgIpc) is 2.36. The molecule has 96 valence electrons. The zero-order chi connectivity index (χ0) is 12.6. The summed E-state index contributed by atoms with van der Waals surface area (Å²) in [5, 5.41) is 0. The SMILES string of the molecule is C/C1=C/CC/C=C\[C@@H](CCCc2ccccc2)C1. The molecule has 1 atom stereocenters. The van der Waals surface area contributed by atoms with Crippen molar-refractivity contribution in [3.05, 3.63) is 59.7 Å². The Morgan fingerprint density at radius 3 is 2.78 bits per heavy atom. The van der Waals surface area contributed by atoms with Crippen molar-refractivity contribution < 1.29 is 0 Å². The molecule has 0 aromatic heterocycles. The largest absolute Gasteiger partial charge is 0.0879 e. The first-order chi connectivity index (χ1) is 8.84. The minimum absolute atomic E-state index is 0.755. The first-order valence-corrected chi connectivity index (χ1v) is 7.21. The van der Waals surface area contributed by atoms with Gasteiger partial charge in [0.25, 0.3) is 0 Å². The van der Waals surface area contributed by atoms with Crippen molar-refractivity contribution in [1.29, 1.82) is 0 Å². The second-order valence-electron chi connectivity index (χ2n) is 5.40. The molecule has 0 heterocycles. The van der Waals surface area contributed by atoms with Crippen molar-refractivity contribution in [2.45, 2.75) is 45.4 Å². The standard InChI is InChI=1S/C18H24/c1-16-9-4-2-7-12-18(15-16)14-8-13-17-10-5-3-6-11-17/h3,5-7,9-12,18H,2,4,8,13-15H2,1H3/b12-7-,16-9-/t18-/m0/s1. The van der Waals surface area contributed by atoms with E-state index in [1.165, 1.54) is 44.1 Å². The summed E-state index contributed by atoms with van der Waals surface area (Å²) in [6.45, 7) is 2.28. The van der Waals surface area contributed by atoms with E-state index in [0.717, 1.165) is 5.92 Å². The summed E-state index contributed by atoms with van der Waals surface area (Å²) in [6.07, 6.45) is 14.7. The van der Waals surface area contributed by atoms with Crippen LogP contribution < -0.4 is 0 Å². The van der Waals surface area contributed by atoms with E-state index < -0.39 is 0 Å². The van der Waals surface area contributed by atoms with E-state index in [-0.39, 0.29) is 0 Å². The van der Waals surface area contributed by atoms with Gasteiger partial charge in [-0.15, -0.1) is 0 Å².